The summed E-state index contributed by atoms with van der Waals surface area (Å²) in [7, 11) is -9.90. The number of aliphatic hydroxyl groups excluding tert-OH is 1. The van der Waals surface area contributed by atoms with Crippen molar-refractivity contribution in [3.8, 4) is 0 Å². The van der Waals surface area contributed by atoms with Crippen molar-refractivity contribution in [1.29, 1.82) is 0 Å². The quantitative estimate of drug-likeness (QED) is 0.0222. The molecule has 3 unspecified atom stereocenters. The van der Waals surface area contributed by atoms with E-state index in [-0.39, 0.29) is 25.7 Å². The first-order valence-corrected chi connectivity index (χ1v) is 38.9. The minimum atomic E-state index is -4.95. The highest BCUT2D eigenvalue weighted by atomic mass is 31.2. The van der Waals surface area contributed by atoms with Gasteiger partial charge in [0.15, 0.2) is 12.2 Å². The van der Waals surface area contributed by atoms with E-state index in [0.29, 0.717) is 25.7 Å². The predicted molar refractivity (Wildman–Crippen MR) is 354 cm³/mol. The molecule has 0 saturated heterocycles. The molecule has 17 nitrogen and oxygen atoms in total. The van der Waals surface area contributed by atoms with Crippen molar-refractivity contribution in [3.05, 3.63) is 0 Å². The van der Waals surface area contributed by atoms with Gasteiger partial charge in [0.2, 0.25) is 0 Å². The maximum atomic E-state index is 13.0. The van der Waals surface area contributed by atoms with Crippen molar-refractivity contribution in [2.45, 2.75) is 362 Å². The van der Waals surface area contributed by atoms with Crippen LogP contribution in [0.2, 0.25) is 0 Å². The topological polar surface area (TPSA) is 237 Å². The zero-order valence-corrected chi connectivity index (χ0v) is 59.0. The van der Waals surface area contributed by atoms with Gasteiger partial charge in [-0.1, -0.05) is 292 Å². The van der Waals surface area contributed by atoms with Gasteiger partial charge in [0.1, 0.15) is 19.3 Å². The van der Waals surface area contributed by atoms with Crippen LogP contribution in [0.3, 0.4) is 0 Å². The Morgan fingerprint density at radius 2 is 0.580 bits per heavy atom. The van der Waals surface area contributed by atoms with Gasteiger partial charge < -0.3 is 33.8 Å². The fraction of sp³-hybridized carbons (Fsp3) is 0.942. The van der Waals surface area contributed by atoms with E-state index < -0.39 is 97.5 Å². The van der Waals surface area contributed by atoms with Crippen LogP contribution in [0.1, 0.15) is 344 Å². The second-order valence-corrected chi connectivity index (χ2v) is 29.0. The summed E-state index contributed by atoms with van der Waals surface area (Å²) in [4.78, 5) is 72.5. The summed E-state index contributed by atoms with van der Waals surface area (Å²) in [5, 5.41) is 10.6. The van der Waals surface area contributed by atoms with Gasteiger partial charge in [0.25, 0.3) is 0 Å². The molecule has 0 saturated carbocycles. The fourth-order valence-electron chi connectivity index (χ4n) is 10.3. The average molecular weight is 1300 g/mol. The van der Waals surface area contributed by atoms with Gasteiger partial charge in [0.05, 0.1) is 26.4 Å². The molecule has 3 N–H and O–H groups in total. The van der Waals surface area contributed by atoms with E-state index >= 15 is 0 Å². The molecule has 0 amide bonds. The number of phosphoric acid groups is 2. The molecule has 0 aromatic rings. The molecular formula is C69H134O17P2. The molecule has 19 heteroatoms. The number of hydrogen-bond donors (Lipinski definition) is 3. The summed E-state index contributed by atoms with van der Waals surface area (Å²) in [6, 6.07) is 0. The van der Waals surface area contributed by atoms with E-state index in [1.54, 1.807) is 0 Å². The summed E-state index contributed by atoms with van der Waals surface area (Å²) in [6.07, 6.45) is 43.0. The molecular weight excluding hydrogens is 1160 g/mol. The van der Waals surface area contributed by atoms with Crippen LogP contribution in [0.25, 0.3) is 0 Å². The van der Waals surface area contributed by atoms with Gasteiger partial charge >= 0.3 is 39.5 Å². The van der Waals surface area contributed by atoms with Crippen molar-refractivity contribution in [2.24, 2.45) is 17.8 Å². The van der Waals surface area contributed by atoms with Crippen molar-refractivity contribution < 1.29 is 80.2 Å². The number of phosphoric ester groups is 2. The Hall–Kier alpha value is -1.94. The van der Waals surface area contributed by atoms with E-state index in [9.17, 15) is 43.2 Å². The molecule has 0 aromatic heterocycles. The molecule has 0 aliphatic carbocycles. The van der Waals surface area contributed by atoms with Crippen LogP contribution in [-0.2, 0) is 65.4 Å². The second kappa shape index (κ2) is 60.0. The van der Waals surface area contributed by atoms with Crippen LogP contribution in [0.5, 0.6) is 0 Å². The number of hydrogen-bond acceptors (Lipinski definition) is 15. The van der Waals surface area contributed by atoms with Crippen molar-refractivity contribution in [3.63, 3.8) is 0 Å². The molecule has 0 aliphatic rings. The molecule has 0 bridgehead atoms. The number of carbonyl (C=O) groups excluding carboxylic acids is 4. The van der Waals surface area contributed by atoms with Crippen molar-refractivity contribution in [1.82, 2.24) is 0 Å². The Bertz CT molecular complexity index is 1730. The summed E-state index contributed by atoms with van der Waals surface area (Å²) in [5.74, 6) is 0.164. The van der Waals surface area contributed by atoms with Crippen LogP contribution in [-0.4, -0.2) is 96.7 Å². The van der Waals surface area contributed by atoms with Gasteiger partial charge in [-0.25, -0.2) is 9.13 Å². The van der Waals surface area contributed by atoms with Crippen LogP contribution in [0.4, 0.5) is 0 Å². The van der Waals surface area contributed by atoms with Crippen LogP contribution < -0.4 is 0 Å². The molecule has 0 rings (SSSR count). The number of rotatable bonds is 67. The predicted octanol–water partition coefficient (Wildman–Crippen LogP) is 19.5. The maximum Gasteiger partial charge on any atom is 0.472 e. The highest BCUT2D eigenvalue weighted by molar-refractivity contribution is 7.47. The maximum absolute atomic E-state index is 13.0. The molecule has 0 aromatic carbocycles. The van der Waals surface area contributed by atoms with Crippen molar-refractivity contribution >= 4 is 39.5 Å². The van der Waals surface area contributed by atoms with E-state index in [1.807, 2.05) is 0 Å². The first-order chi connectivity index (χ1) is 42.3. The van der Waals surface area contributed by atoms with E-state index in [2.05, 4.69) is 48.5 Å². The number of unbranched alkanes of at least 4 members (excludes halogenated alkanes) is 34. The fourth-order valence-corrected chi connectivity index (χ4v) is 11.9. The first kappa shape index (κ1) is 86.1. The zero-order valence-electron chi connectivity index (χ0n) is 57.2. The largest absolute Gasteiger partial charge is 0.472 e. The van der Waals surface area contributed by atoms with Crippen LogP contribution in [0.15, 0.2) is 0 Å². The standard InChI is InChI=1S/C69H134O17P2/c1-8-10-11-12-13-19-29-36-43-50-66(71)79-56-65(86-69(74)53-46-39-32-25-24-27-34-41-48-61(5)6)59-84-88(77,78)82-55-63(70)54-81-87(75,76)83-58-64(85-68(73)52-45-38-31-23-16-14-15-20-26-33-40-47-60(3)4)57-80-67(72)51-44-37-30-22-18-17-21-28-35-42-49-62(7)9-2/h60-65,70H,8-59H2,1-7H3,(H,75,76)(H,77,78)/t62?,63-,64-,65-/m1/s1. The number of esters is 4. The lowest BCUT2D eigenvalue weighted by Crippen LogP contribution is -2.30. The molecule has 0 radical (unpaired) electrons. The molecule has 0 fully saturated rings. The van der Waals surface area contributed by atoms with Gasteiger partial charge in [-0.05, 0) is 43.4 Å². The molecule has 0 spiro atoms. The third kappa shape index (κ3) is 61.6. The lowest BCUT2D eigenvalue weighted by molar-refractivity contribution is -0.161. The van der Waals surface area contributed by atoms with Crippen LogP contribution in [0, 0.1) is 17.8 Å². The smallest absolute Gasteiger partial charge is 0.462 e. The Kier molecular flexibility index (Phi) is 58.7. The summed E-state index contributed by atoms with van der Waals surface area (Å²) in [6.45, 7) is 11.8. The molecule has 522 valence electrons. The third-order valence-corrected chi connectivity index (χ3v) is 18.1. The molecule has 6 atom stereocenters. The number of aliphatic hydroxyl groups is 1. The number of carbonyl (C=O) groups is 4. The lowest BCUT2D eigenvalue weighted by Gasteiger charge is -2.21. The molecule has 0 aliphatic heterocycles. The minimum absolute atomic E-state index is 0.104. The average Bonchev–Trinajstić information content (AvgIpc) is 3.40. The zero-order chi connectivity index (χ0) is 65.2. The molecule has 88 heavy (non-hydrogen) atoms. The SMILES string of the molecule is CCCCCCCCCCCC(=O)OC[C@H](COP(=O)(O)OC[C@H](O)COP(=O)(O)OC[C@@H](COC(=O)CCCCCCCCCCCCC(C)CC)OC(=O)CCCCCCCCCCCCCC(C)C)OC(=O)CCCCCCCCCCC(C)C. The Morgan fingerprint density at radius 1 is 0.330 bits per heavy atom. The summed E-state index contributed by atoms with van der Waals surface area (Å²) in [5.41, 5.74) is 0. The first-order valence-electron chi connectivity index (χ1n) is 35.9. The van der Waals surface area contributed by atoms with Gasteiger partial charge in [0, 0.05) is 25.7 Å². The minimum Gasteiger partial charge on any atom is -0.462 e. The second-order valence-electron chi connectivity index (χ2n) is 26.1. The van der Waals surface area contributed by atoms with E-state index in [4.69, 9.17) is 37.0 Å². The van der Waals surface area contributed by atoms with Crippen LogP contribution >= 0.6 is 15.6 Å². The highest BCUT2D eigenvalue weighted by Crippen LogP contribution is 2.45. The Morgan fingerprint density at radius 3 is 0.864 bits per heavy atom. The third-order valence-electron chi connectivity index (χ3n) is 16.2. The monoisotopic (exact) mass is 1300 g/mol. The lowest BCUT2D eigenvalue weighted by atomic mass is 9.99. The number of ether oxygens (including phenoxy) is 4. The van der Waals surface area contributed by atoms with Gasteiger partial charge in [-0.2, -0.15) is 0 Å². The van der Waals surface area contributed by atoms with E-state index in [1.165, 1.54) is 154 Å². The summed E-state index contributed by atoms with van der Waals surface area (Å²) >= 11 is 0. The van der Waals surface area contributed by atoms with Crippen molar-refractivity contribution in [2.75, 3.05) is 39.6 Å². The Labute approximate surface area is 537 Å². The van der Waals surface area contributed by atoms with Gasteiger partial charge in [-0.15, -0.1) is 0 Å². The van der Waals surface area contributed by atoms with Gasteiger partial charge in [-0.3, -0.25) is 37.3 Å². The highest BCUT2D eigenvalue weighted by Gasteiger charge is 2.30. The normalized spacial score (nSPS) is 14.5. The van der Waals surface area contributed by atoms with E-state index in [0.717, 1.165) is 108 Å². The molecule has 0 heterocycles. The summed E-state index contributed by atoms with van der Waals surface area (Å²) < 4.78 is 68.2. The Balaban J connectivity index is 5.25.